The van der Waals surface area contributed by atoms with E-state index in [1.54, 1.807) is 0 Å². The Morgan fingerprint density at radius 3 is 2.75 bits per heavy atom. The van der Waals surface area contributed by atoms with Gasteiger partial charge >= 0.3 is 0 Å². The van der Waals surface area contributed by atoms with Crippen LogP contribution in [0.25, 0.3) is 0 Å². The summed E-state index contributed by atoms with van der Waals surface area (Å²) in [7, 11) is 2.13. The molecule has 0 radical (unpaired) electrons. The third-order valence-corrected chi connectivity index (χ3v) is 4.49. The summed E-state index contributed by atoms with van der Waals surface area (Å²) in [5, 5.41) is 9.23. The average Bonchev–Trinajstić information content (AvgIpc) is 2.64. The van der Waals surface area contributed by atoms with Crippen molar-refractivity contribution in [1.82, 2.24) is 14.7 Å². The third-order valence-electron chi connectivity index (χ3n) is 4.49. The predicted molar refractivity (Wildman–Crippen MR) is 78.1 cm³/mol. The second-order valence-corrected chi connectivity index (χ2v) is 6.52. The fourth-order valence-electron chi connectivity index (χ4n) is 3.09. The SMILES string of the molecule is CN1CCCN(CC(=O)N2CCC[C@@](C)(C#N)C2)CC1. The lowest BCUT2D eigenvalue weighted by atomic mass is 9.83. The molecular formula is C15H26N4O. The smallest absolute Gasteiger partial charge is 0.236 e. The molecule has 2 aliphatic rings. The van der Waals surface area contributed by atoms with E-state index in [9.17, 15) is 10.1 Å². The maximum absolute atomic E-state index is 12.4. The van der Waals surface area contributed by atoms with Crippen molar-refractivity contribution in [3.63, 3.8) is 0 Å². The summed E-state index contributed by atoms with van der Waals surface area (Å²) < 4.78 is 0. The van der Waals surface area contributed by atoms with Gasteiger partial charge in [0, 0.05) is 26.2 Å². The van der Waals surface area contributed by atoms with Gasteiger partial charge in [0.25, 0.3) is 0 Å². The Kier molecular flexibility index (Phi) is 5.00. The molecule has 5 heteroatoms. The Bertz CT molecular complexity index is 392. The highest BCUT2D eigenvalue weighted by molar-refractivity contribution is 5.78. The van der Waals surface area contributed by atoms with Crippen molar-refractivity contribution in [3.8, 4) is 6.07 Å². The molecule has 0 N–H and O–H groups in total. The van der Waals surface area contributed by atoms with E-state index in [0.29, 0.717) is 13.1 Å². The van der Waals surface area contributed by atoms with Gasteiger partial charge in [-0.15, -0.1) is 0 Å². The van der Waals surface area contributed by atoms with E-state index in [2.05, 4.69) is 22.9 Å². The quantitative estimate of drug-likeness (QED) is 0.749. The van der Waals surface area contributed by atoms with Crippen molar-refractivity contribution >= 4 is 5.91 Å². The highest BCUT2D eigenvalue weighted by atomic mass is 16.2. The number of nitrogens with zero attached hydrogens (tertiary/aromatic N) is 4. The zero-order valence-corrected chi connectivity index (χ0v) is 12.8. The molecule has 0 aromatic heterocycles. The zero-order valence-electron chi connectivity index (χ0n) is 12.8. The van der Waals surface area contributed by atoms with Crippen LogP contribution in [-0.4, -0.2) is 73.5 Å². The summed E-state index contributed by atoms with van der Waals surface area (Å²) >= 11 is 0. The average molecular weight is 278 g/mol. The monoisotopic (exact) mass is 278 g/mol. The van der Waals surface area contributed by atoms with Gasteiger partial charge in [-0.3, -0.25) is 9.69 Å². The molecule has 0 bridgehead atoms. The Morgan fingerprint density at radius 2 is 2.00 bits per heavy atom. The summed E-state index contributed by atoms with van der Waals surface area (Å²) in [6, 6.07) is 2.37. The van der Waals surface area contributed by atoms with Crippen LogP contribution in [0.3, 0.4) is 0 Å². The standard InChI is InChI=1S/C15H26N4O/c1-15(12-16)5-3-8-19(13-15)14(20)11-18-7-4-6-17(2)9-10-18/h3-11,13H2,1-2H3/t15-/m0/s1. The van der Waals surface area contributed by atoms with Crippen LogP contribution in [0, 0.1) is 16.7 Å². The van der Waals surface area contributed by atoms with Crippen molar-refractivity contribution in [2.45, 2.75) is 26.2 Å². The number of carbonyl (C=O) groups is 1. The molecule has 0 aliphatic carbocycles. The number of nitriles is 1. The number of amides is 1. The van der Waals surface area contributed by atoms with Gasteiger partial charge in [0.2, 0.25) is 5.91 Å². The second-order valence-electron chi connectivity index (χ2n) is 6.52. The lowest BCUT2D eigenvalue weighted by molar-refractivity contribution is -0.134. The van der Waals surface area contributed by atoms with Crippen molar-refractivity contribution < 1.29 is 4.79 Å². The molecule has 0 spiro atoms. The van der Waals surface area contributed by atoms with E-state index in [-0.39, 0.29) is 11.3 Å². The van der Waals surface area contributed by atoms with E-state index < -0.39 is 0 Å². The van der Waals surface area contributed by atoms with Gasteiger partial charge in [0.1, 0.15) is 0 Å². The van der Waals surface area contributed by atoms with Crippen LogP contribution >= 0.6 is 0 Å². The third kappa shape index (κ3) is 3.94. The van der Waals surface area contributed by atoms with Gasteiger partial charge in [-0.2, -0.15) is 5.26 Å². The first kappa shape index (κ1) is 15.3. The fourth-order valence-corrected chi connectivity index (χ4v) is 3.09. The highest BCUT2D eigenvalue weighted by Crippen LogP contribution is 2.28. The number of likely N-dealkylation sites (N-methyl/N-ethyl adjacent to an activating group) is 1. The molecular weight excluding hydrogens is 252 g/mol. The molecule has 112 valence electrons. The molecule has 2 heterocycles. The van der Waals surface area contributed by atoms with Crippen molar-refractivity contribution in [2.24, 2.45) is 5.41 Å². The van der Waals surface area contributed by atoms with Crippen LogP contribution in [0.5, 0.6) is 0 Å². The number of likely N-dealkylation sites (tertiary alicyclic amines) is 1. The first-order valence-electron chi connectivity index (χ1n) is 7.62. The molecule has 2 aliphatic heterocycles. The van der Waals surface area contributed by atoms with Gasteiger partial charge in [-0.05, 0) is 46.3 Å². The molecule has 0 saturated carbocycles. The molecule has 0 aromatic rings. The van der Waals surface area contributed by atoms with E-state index in [1.165, 1.54) is 0 Å². The normalized spacial score (nSPS) is 29.8. The van der Waals surface area contributed by atoms with Gasteiger partial charge in [0.05, 0.1) is 18.0 Å². The van der Waals surface area contributed by atoms with E-state index in [0.717, 1.165) is 52.0 Å². The topological polar surface area (TPSA) is 50.6 Å². The maximum atomic E-state index is 12.4. The largest absolute Gasteiger partial charge is 0.340 e. The number of hydrogen-bond donors (Lipinski definition) is 0. The Balaban J connectivity index is 1.86. The van der Waals surface area contributed by atoms with Gasteiger partial charge in [-0.25, -0.2) is 0 Å². The van der Waals surface area contributed by atoms with Crippen LogP contribution in [-0.2, 0) is 4.79 Å². The van der Waals surface area contributed by atoms with Gasteiger partial charge < -0.3 is 9.80 Å². The first-order chi connectivity index (χ1) is 9.52. The van der Waals surface area contributed by atoms with E-state index in [4.69, 9.17) is 0 Å². The molecule has 0 unspecified atom stereocenters. The number of rotatable bonds is 2. The van der Waals surface area contributed by atoms with Crippen molar-refractivity contribution in [3.05, 3.63) is 0 Å². The first-order valence-corrected chi connectivity index (χ1v) is 7.62. The summed E-state index contributed by atoms with van der Waals surface area (Å²) in [5.74, 6) is 0.190. The lowest BCUT2D eigenvalue weighted by Crippen LogP contribution is -2.48. The summed E-state index contributed by atoms with van der Waals surface area (Å²) in [5.41, 5.74) is -0.354. The second kappa shape index (κ2) is 6.55. The minimum absolute atomic E-state index is 0.190. The minimum atomic E-state index is -0.354. The molecule has 20 heavy (non-hydrogen) atoms. The van der Waals surface area contributed by atoms with Crippen LogP contribution in [0.2, 0.25) is 0 Å². The zero-order chi connectivity index (χ0) is 14.6. The van der Waals surface area contributed by atoms with Gasteiger partial charge in [-0.1, -0.05) is 0 Å². The lowest BCUT2D eigenvalue weighted by Gasteiger charge is -2.37. The number of piperidine rings is 1. The van der Waals surface area contributed by atoms with E-state index in [1.807, 2.05) is 11.8 Å². The number of carbonyl (C=O) groups excluding carboxylic acids is 1. The van der Waals surface area contributed by atoms with Crippen LogP contribution in [0.4, 0.5) is 0 Å². The molecule has 1 atom stereocenters. The minimum Gasteiger partial charge on any atom is -0.340 e. The van der Waals surface area contributed by atoms with Crippen molar-refractivity contribution in [2.75, 3.05) is 52.9 Å². The number of hydrogen-bond acceptors (Lipinski definition) is 4. The van der Waals surface area contributed by atoms with Crippen LogP contribution in [0.15, 0.2) is 0 Å². The summed E-state index contributed by atoms with van der Waals surface area (Å²) in [6.07, 6.45) is 2.97. The summed E-state index contributed by atoms with van der Waals surface area (Å²) in [4.78, 5) is 18.9. The predicted octanol–water partition coefficient (Wildman–Crippen LogP) is 0.776. The maximum Gasteiger partial charge on any atom is 0.236 e. The molecule has 2 rings (SSSR count). The molecule has 5 nitrogen and oxygen atoms in total. The van der Waals surface area contributed by atoms with Crippen LogP contribution in [0.1, 0.15) is 26.2 Å². The Hall–Kier alpha value is -1.12. The molecule has 2 fully saturated rings. The van der Waals surface area contributed by atoms with E-state index >= 15 is 0 Å². The van der Waals surface area contributed by atoms with Crippen LogP contribution < -0.4 is 0 Å². The fraction of sp³-hybridized carbons (Fsp3) is 0.867. The molecule has 0 aromatic carbocycles. The van der Waals surface area contributed by atoms with Gasteiger partial charge in [0.15, 0.2) is 0 Å². The summed E-state index contributed by atoms with van der Waals surface area (Å²) in [6.45, 7) is 7.98. The molecule has 2 saturated heterocycles. The Morgan fingerprint density at radius 1 is 1.20 bits per heavy atom. The Labute approximate surface area is 122 Å². The highest BCUT2D eigenvalue weighted by Gasteiger charge is 2.33. The van der Waals surface area contributed by atoms with Crippen molar-refractivity contribution in [1.29, 1.82) is 5.26 Å². The molecule has 1 amide bonds.